The molecule has 0 bridgehead atoms. The van der Waals surface area contributed by atoms with E-state index >= 15 is 0 Å². The van der Waals surface area contributed by atoms with Crippen molar-refractivity contribution in [1.29, 1.82) is 0 Å². The van der Waals surface area contributed by atoms with E-state index in [-0.39, 0.29) is 12.6 Å². The maximum atomic E-state index is 11.0. The molecule has 2 aliphatic heterocycles. The van der Waals surface area contributed by atoms with Crippen LogP contribution in [0.1, 0.15) is 5.56 Å². The zero-order chi connectivity index (χ0) is 21.5. The molecular weight excluding hydrogens is 412 g/mol. The van der Waals surface area contributed by atoms with Gasteiger partial charge in [-0.3, -0.25) is 9.69 Å². The summed E-state index contributed by atoms with van der Waals surface area (Å²) in [4.78, 5) is 23.1. The van der Waals surface area contributed by atoms with E-state index in [9.17, 15) is 4.79 Å². The Labute approximate surface area is 187 Å². The summed E-state index contributed by atoms with van der Waals surface area (Å²) in [5, 5.41) is 11.8. The highest BCUT2D eigenvalue weighted by Crippen LogP contribution is 2.40. The van der Waals surface area contributed by atoms with Gasteiger partial charge in [0.15, 0.2) is 0 Å². The second kappa shape index (κ2) is 10.8. The van der Waals surface area contributed by atoms with Crippen molar-refractivity contribution in [3.63, 3.8) is 0 Å². The molecule has 164 valence electrons. The van der Waals surface area contributed by atoms with Crippen LogP contribution in [0.4, 0.5) is 5.69 Å². The van der Waals surface area contributed by atoms with Gasteiger partial charge in [0, 0.05) is 54.1 Å². The Bertz CT molecular complexity index is 923. The van der Waals surface area contributed by atoms with Gasteiger partial charge in [0.2, 0.25) is 6.41 Å². The van der Waals surface area contributed by atoms with Gasteiger partial charge in [0.05, 0.1) is 25.5 Å². The molecule has 1 saturated heterocycles. The molecular formula is C23H28N4O3S. The Hall–Kier alpha value is -2.39. The average Bonchev–Trinajstić information content (AvgIpc) is 2.97. The number of hydrogen-bond donors (Lipinski definition) is 2. The van der Waals surface area contributed by atoms with Gasteiger partial charge in [-0.25, -0.2) is 4.99 Å². The van der Waals surface area contributed by atoms with E-state index in [1.807, 2.05) is 12.1 Å². The summed E-state index contributed by atoms with van der Waals surface area (Å²) in [5.41, 5.74) is 2.13. The van der Waals surface area contributed by atoms with Crippen molar-refractivity contribution in [3.8, 4) is 0 Å². The minimum atomic E-state index is 0.0304. The highest BCUT2D eigenvalue weighted by Gasteiger charge is 2.30. The number of carbonyl (C=O) groups excluding carboxylic acids is 1. The number of ether oxygens (including phenoxy) is 1. The number of hydrogen-bond acceptors (Lipinski definition) is 7. The number of amidine groups is 1. The van der Waals surface area contributed by atoms with Crippen molar-refractivity contribution in [2.24, 2.45) is 4.99 Å². The van der Waals surface area contributed by atoms with E-state index in [4.69, 9.17) is 14.8 Å². The highest BCUT2D eigenvalue weighted by atomic mass is 32.2. The predicted octanol–water partition coefficient (Wildman–Crippen LogP) is 1.97. The number of amides is 1. The van der Waals surface area contributed by atoms with Gasteiger partial charge in [-0.05, 0) is 18.2 Å². The molecule has 1 atom stereocenters. The molecule has 2 heterocycles. The van der Waals surface area contributed by atoms with E-state index < -0.39 is 0 Å². The first-order chi connectivity index (χ1) is 15.3. The number of para-hydroxylation sites is 1. The lowest BCUT2D eigenvalue weighted by Gasteiger charge is -2.42. The Balaban J connectivity index is 1.58. The number of fused-ring (bicyclic) bond motifs is 2. The third kappa shape index (κ3) is 5.27. The Kier molecular flexibility index (Phi) is 7.58. The second-order valence-corrected chi connectivity index (χ2v) is 8.58. The van der Waals surface area contributed by atoms with Crippen molar-refractivity contribution in [2.75, 3.05) is 52.5 Å². The molecule has 1 fully saturated rings. The summed E-state index contributed by atoms with van der Waals surface area (Å²) < 4.78 is 5.46. The number of benzene rings is 2. The van der Waals surface area contributed by atoms with Crippen LogP contribution >= 0.6 is 11.8 Å². The largest absolute Gasteiger partial charge is 0.394 e. The maximum absolute atomic E-state index is 11.0. The molecule has 7 nitrogen and oxygen atoms in total. The number of aliphatic hydroxyl groups is 1. The first-order valence-corrected chi connectivity index (χ1v) is 11.4. The summed E-state index contributed by atoms with van der Waals surface area (Å²) in [6.07, 6.45) is 0.755. The molecule has 4 rings (SSSR count). The van der Waals surface area contributed by atoms with Gasteiger partial charge < -0.3 is 20.1 Å². The van der Waals surface area contributed by atoms with Crippen LogP contribution in [0, 0.1) is 0 Å². The third-order valence-corrected chi connectivity index (χ3v) is 6.68. The lowest BCUT2D eigenvalue weighted by Crippen LogP contribution is -2.58. The second-order valence-electron chi connectivity index (χ2n) is 7.50. The van der Waals surface area contributed by atoms with Crippen LogP contribution in [0.3, 0.4) is 0 Å². The van der Waals surface area contributed by atoms with E-state index in [1.54, 1.807) is 11.8 Å². The van der Waals surface area contributed by atoms with Crippen LogP contribution in [0.2, 0.25) is 0 Å². The molecule has 1 amide bonds. The van der Waals surface area contributed by atoms with Crippen molar-refractivity contribution >= 4 is 29.7 Å². The number of carbonyl (C=O) groups is 1. The monoisotopic (exact) mass is 440 g/mol. The normalized spacial score (nSPS) is 18.5. The molecule has 0 spiro atoms. The number of rotatable bonds is 8. The summed E-state index contributed by atoms with van der Waals surface area (Å²) in [6.45, 7) is 4.74. The molecule has 0 aromatic heterocycles. The maximum Gasteiger partial charge on any atom is 0.207 e. The molecule has 31 heavy (non-hydrogen) atoms. The minimum absolute atomic E-state index is 0.0304. The van der Waals surface area contributed by atoms with Crippen LogP contribution in [0.25, 0.3) is 0 Å². The molecule has 1 unspecified atom stereocenters. The number of piperazine rings is 1. The summed E-state index contributed by atoms with van der Waals surface area (Å²) in [7, 11) is 0. The fourth-order valence-corrected chi connectivity index (χ4v) is 5.03. The number of nitrogens with one attached hydrogen (secondary N) is 1. The molecule has 0 aliphatic carbocycles. The lowest BCUT2D eigenvalue weighted by molar-refractivity contribution is -0.109. The number of aliphatic imine (C=N–C) groups is 1. The first kappa shape index (κ1) is 21.8. The number of aliphatic hydroxyl groups excluding tert-OH is 1. The van der Waals surface area contributed by atoms with Crippen molar-refractivity contribution in [2.45, 2.75) is 15.8 Å². The van der Waals surface area contributed by atoms with Gasteiger partial charge >= 0.3 is 0 Å². The standard InChI is InChI=1S/C23H28N4O3S/c28-12-14-30-13-11-26-9-10-27(16-18(26)15-24-17-29)23-19-5-1-3-7-21(19)31-22-8-4-2-6-20(22)25-23/h1-8,17-18,28H,9-16H2,(H,24,29). The van der Waals surface area contributed by atoms with Crippen LogP contribution in [-0.4, -0.2) is 85.7 Å². The van der Waals surface area contributed by atoms with E-state index in [1.165, 1.54) is 4.90 Å². The Morgan fingerprint density at radius 3 is 2.77 bits per heavy atom. The molecule has 2 aromatic rings. The molecule has 2 aliphatic rings. The fraction of sp³-hybridized carbons (Fsp3) is 0.391. The fourth-order valence-electron chi connectivity index (χ4n) is 4.02. The van der Waals surface area contributed by atoms with Crippen molar-refractivity contribution in [1.82, 2.24) is 15.1 Å². The quantitative estimate of drug-likeness (QED) is 0.483. The topological polar surface area (TPSA) is 77.4 Å². The zero-order valence-corrected chi connectivity index (χ0v) is 18.3. The van der Waals surface area contributed by atoms with Crippen LogP contribution in [-0.2, 0) is 9.53 Å². The van der Waals surface area contributed by atoms with Crippen LogP contribution < -0.4 is 5.32 Å². The highest BCUT2D eigenvalue weighted by molar-refractivity contribution is 7.99. The molecule has 2 N–H and O–H groups in total. The van der Waals surface area contributed by atoms with E-state index in [2.05, 4.69) is 51.5 Å². The third-order valence-electron chi connectivity index (χ3n) is 5.54. The first-order valence-electron chi connectivity index (χ1n) is 10.6. The smallest absolute Gasteiger partial charge is 0.207 e. The predicted molar refractivity (Wildman–Crippen MR) is 122 cm³/mol. The summed E-state index contributed by atoms with van der Waals surface area (Å²) in [6, 6.07) is 16.8. The Morgan fingerprint density at radius 2 is 1.94 bits per heavy atom. The summed E-state index contributed by atoms with van der Waals surface area (Å²) >= 11 is 1.75. The van der Waals surface area contributed by atoms with Crippen LogP contribution in [0.15, 0.2) is 63.3 Å². The van der Waals surface area contributed by atoms with Crippen molar-refractivity contribution in [3.05, 3.63) is 54.1 Å². The van der Waals surface area contributed by atoms with Crippen LogP contribution in [0.5, 0.6) is 0 Å². The Morgan fingerprint density at radius 1 is 1.13 bits per heavy atom. The van der Waals surface area contributed by atoms with E-state index in [0.29, 0.717) is 19.8 Å². The van der Waals surface area contributed by atoms with Gasteiger partial charge in [-0.2, -0.15) is 0 Å². The van der Waals surface area contributed by atoms with E-state index in [0.717, 1.165) is 54.6 Å². The van der Waals surface area contributed by atoms with Crippen molar-refractivity contribution < 1.29 is 14.6 Å². The van der Waals surface area contributed by atoms with Gasteiger partial charge in [0.1, 0.15) is 5.84 Å². The zero-order valence-electron chi connectivity index (χ0n) is 17.4. The SMILES string of the molecule is O=CNCC1CN(C2=Nc3ccccc3Sc3ccccc32)CCN1CCOCCO. The van der Waals surface area contributed by atoms with Gasteiger partial charge in [0.25, 0.3) is 0 Å². The lowest BCUT2D eigenvalue weighted by atomic mass is 10.1. The van der Waals surface area contributed by atoms with Gasteiger partial charge in [-0.1, -0.05) is 42.1 Å². The average molecular weight is 441 g/mol. The molecule has 8 heteroatoms. The minimum Gasteiger partial charge on any atom is -0.394 e. The number of nitrogens with zero attached hydrogens (tertiary/aromatic N) is 3. The molecule has 2 aromatic carbocycles. The molecule has 0 saturated carbocycles. The molecule has 0 radical (unpaired) electrons. The summed E-state index contributed by atoms with van der Waals surface area (Å²) in [5.74, 6) is 0.986. The van der Waals surface area contributed by atoms with Gasteiger partial charge in [-0.15, -0.1) is 0 Å².